The van der Waals surface area contributed by atoms with E-state index < -0.39 is 0 Å². The zero-order valence-corrected chi connectivity index (χ0v) is 15.0. The molecule has 0 aromatic heterocycles. The van der Waals surface area contributed by atoms with Crippen LogP contribution in [-0.2, 0) is 0 Å². The molecule has 0 amide bonds. The Hall–Kier alpha value is -0.550. The Bertz CT molecular complexity index is 619. The van der Waals surface area contributed by atoms with Gasteiger partial charge in [-0.05, 0) is 68.2 Å². The summed E-state index contributed by atoms with van der Waals surface area (Å²) < 4.78 is 7.07. The van der Waals surface area contributed by atoms with Crippen LogP contribution in [0.4, 0.5) is 0 Å². The lowest BCUT2D eigenvalue weighted by atomic mass is 9.99. The van der Waals surface area contributed by atoms with Gasteiger partial charge in [0.05, 0.1) is 22.6 Å². The van der Waals surface area contributed by atoms with E-state index in [9.17, 15) is 0 Å². The molecule has 0 radical (unpaired) electrons. The molecule has 0 aliphatic heterocycles. The van der Waals surface area contributed by atoms with Gasteiger partial charge in [-0.1, -0.05) is 29.8 Å². The van der Waals surface area contributed by atoms with Crippen molar-refractivity contribution in [2.45, 2.75) is 6.04 Å². The molecule has 0 fully saturated rings. The summed E-state index contributed by atoms with van der Waals surface area (Å²) in [7, 11) is 3.57. The van der Waals surface area contributed by atoms with Gasteiger partial charge in [0.15, 0.2) is 0 Å². The van der Waals surface area contributed by atoms with Crippen LogP contribution in [-0.4, -0.2) is 14.2 Å². The molecule has 0 spiro atoms. The van der Waals surface area contributed by atoms with Gasteiger partial charge in [-0.2, -0.15) is 0 Å². The van der Waals surface area contributed by atoms with Crippen LogP contribution < -0.4 is 10.1 Å². The average molecular weight is 420 g/mol. The first-order valence-electron chi connectivity index (χ1n) is 6.03. The first kappa shape index (κ1) is 15.8. The highest BCUT2D eigenvalue weighted by atomic mass is 79.9. The van der Waals surface area contributed by atoms with Crippen molar-refractivity contribution in [1.82, 2.24) is 5.32 Å². The molecule has 106 valence electrons. The summed E-state index contributed by atoms with van der Waals surface area (Å²) in [5, 5.41) is 4.02. The van der Waals surface area contributed by atoms with Crippen molar-refractivity contribution in [3.63, 3.8) is 0 Å². The monoisotopic (exact) mass is 417 g/mol. The van der Waals surface area contributed by atoms with Crippen molar-refractivity contribution in [3.05, 3.63) is 61.5 Å². The molecule has 1 unspecified atom stereocenters. The fraction of sp³-hybridized carbons (Fsp3) is 0.200. The van der Waals surface area contributed by atoms with E-state index >= 15 is 0 Å². The Morgan fingerprint density at radius 3 is 2.50 bits per heavy atom. The second-order valence-corrected chi connectivity index (χ2v) is 6.35. The number of benzene rings is 2. The lowest BCUT2D eigenvalue weighted by molar-refractivity contribution is 0.412. The number of nitrogens with one attached hydrogen (secondary N) is 1. The molecule has 5 heteroatoms. The molecule has 2 rings (SSSR count). The van der Waals surface area contributed by atoms with E-state index in [1.807, 2.05) is 43.4 Å². The summed E-state index contributed by atoms with van der Waals surface area (Å²) in [6.45, 7) is 0. The van der Waals surface area contributed by atoms with Crippen LogP contribution in [0.5, 0.6) is 5.75 Å². The minimum absolute atomic E-state index is 0.0159. The molecule has 0 aliphatic carbocycles. The van der Waals surface area contributed by atoms with Crippen LogP contribution in [0.25, 0.3) is 0 Å². The van der Waals surface area contributed by atoms with Crippen LogP contribution >= 0.6 is 43.5 Å². The Morgan fingerprint density at radius 2 is 1.90 bits per heavy atom. The van der Waals surface area contributed by atoms with Gasteiger partial charge in [0.2, 0.25) is 0 Å². The lowest BCUT2D eigenvalue weighted by Gasteiger charge is -2.20. The number of rotatable bonds is 4. The summed E-state index contributed by atoms with van der Waals surface area (Å²) in [5.74, 6) is 0.809. The van der Waals surface area contributed by atoms with E-state index in [1.165, 1.54) is 0 Å². The third kappa shape index (κ3) is 3.19. The van der Waals surface area contributed by atoms with Crippen molar-refractivity contribution in [3.8, 4) is 5.75 Å². The van der Waals surface area contributed by atoms with Crippen LogP contribution in [0, 0.1) is 0 Å². The molecule has 1 N–H and O–H groups in total. The van der Waals surface area contributed by atoms with Gasteiger partial charge in [-0.25, -0.2) is 0 Å². The second kappa shape index (κ2) is 6.94. The number of ether oxygens (including phenoxy) is 1. The molecule has 0 heterocycles. The van der Waals surface area contributed by atoms with Crippen molar-refractivity contribution in [2.75, 3.05) is 14.2 Å². The number of halogens is 3. The Labute approximate surface area is 140 Å². The van der Waals surface area contributed by atoms with Gasteiger partial charge < -0.3 is 10.1 Å². The van der Waals surface area contributed by atoms with Crippen molar-refractivity contribution >= 4 is 43.5 Å². The van der Waals surface area contributed by atoms with Gasteiger partial charge >= 0.3 is 0 Å². The van der Waals surface area contributed by atoms with Gasteiger partial charge in [0.1, 0.15) is 5.75 Å². The Morgan fingerprint density at radius 1 is 1.15 bits per heavy atom. The van der Waals surface area contributed by atoms with E-state index in [0.717, 1.165) is 30.8 Å². The van der Waals surface area contributed by atoms with E-state index in [2.05, 4.69) is 37.2 Å². The first-order valence-corrected chi connectivity index (χ1v) is 7.99. The molecule has 0 saturated heterocycles. The van der Waals surface area contributed by atoms with Gasteiger partial charge in [0, 0.05) is 4.47 Å². The maximum Gasteiger partial charge on any atom is 0.133 e. The quantitative estimate of drug-likeness (QED) is 0.737. The first-order chi connectivity index (χ1) is 9.58. The third-order valence-corrected chi connectivity index (χ3v) is 5.02. The van der Waals surface area contributed by atoms with E-state index in [1.54, 1.807) is 7.11 Å². The minimum Gasteiger partial charge on any atom is -0.496 e. The van der Waals surface area contributed by atoms with Crippen LogP contribution in [0.1, 0.15) is 17.2 Å². The Kier molecular flexibility index (Phi) is 5.49. The molecule has 1 atom stereocenters. The van der Waals surface area contributed by atoms with Crippen molar-refractivity contribution < 1.29 is 4.74 Å². The summed E-state index contributed by atoms with van der Waals surface area (Å²) in [4.78, 5) is 0. The number of hydrogen-bond donors (Lipinski definition) is 1. The maximum absolute atomic E-state index is 6.39. The summed E-state index contributed by atoms with van der Waals surface area (Å²) >= 11 is 13.4. The molecule has 0 bridgehead atoms. The summed E-state index contributed by atoms with van der Waals surface area (Å²) in [5.41, 5.74) is 2.14. The smallest absolute Gasteiger partial charge is 0.133 e. The fourth-order valence-electron chi connectivity index (χ4n) is 2.11. The van der Waals surface area contributed by atoms with Gasteiger partial charge in [0.25, 0.3) is 0 Å². The summed E-state index contributed by atoms with van der Waals surface area (Å²) in [6.07, 6.45) is 0. The Balaban J connectivity index is 2.47. The molecular weight excluding hydrogens is 405 g/mol. The molecule has 2 aromatic carbocycles. The highest BCUT2D eigenvalue weighted by Crippen LogP contribution is 2.35. The van der Waals surface area contributed by atoms with Gasteiger partial charge in [-0.3, -0.25) is 0 Å². The molecular formula is C15H14Br2ClNO. The zero-order chi connectivity index (χ0) is 14.7. The standard InChI is InChI=1S/C15H14Br2ClNO/c1-19-15(10-4-3-5-11(16)14(10)18)9-6-7-13(20-2)12(17)8-9/h3-8,15,19H,1-2H3. The van der Waals surface area contributed by atoms with Crippen LogP contribution in [0.2, 0.25) is 5.02 Å². The highest BCUT2D eigenvalue weighted by Gasteiger charge is 2.17. The van der Waals surface area contributed by atoms with Crippen molar-refractivity contribution in [2.24, 2.45) is 0 Å². The molecule has 2 aromatic rings. The number of methoxy groups -OCH3 is 1. The molecule has 2 nitrogen and oxygen atoms in total. The second-order valence-electron chi connectivity index (χ2n) is 4.26. The minimum atomic E-state index is 0.0159. The van der Waals surface area contributed by atoms with Gasteiger partial charge in [-0.15, -0.1) is 0 Å². The van der Waals surface area contributed by atoms with E-state index in [0.29, 0.717) is 0 Å². The number of hydrogen-bond acceptors (Lipinski definition) is 2. The normalized spacial score (nSPS) is 12.2. The van der Waals surface area contributed by atoms with E-state index in [4.69, 9.17) is 16.3 Å². The van der Waals surface area contributed by atoms with E-state index in [-0.39, 0.29) is 6.04 Å². The SMILES string of the molecule is CNC(c1ccc(OC)c(Br)c1)c1cccc(Br)c1Cl. The fourth-order valence-corrected chi connectivity index (χ4v) is 3.28. The van der Waals surface area contributed by atoms with Crippen molar-refractivity contribution in [1.29, 1.82) is 0 Å². The topological polar surface area (TPSA) is 21.3 Å². The maximum atomic E-state index is 6.39. The zero-order valence-electron chi connectivity index (χ0n) is 11.1. The molecule has 20 heavy (non-hydrogen) atoms. The predicted octanol–water partition coefficient (Wildman–Crippen LogP) is 5.18. The van der Waals surface area contributed by atoms with Crippen LogP contribution in [0.15, 0.2) is 45.3 Å². The molecule has 0 aliphatic rings. The summed E-state index contributed by atoms with van der Waals surface area (Å²) in [6, 6.07) is 12.0. The largest absolute Gasteiger partial charge is 0.496 e. The lowest BCUT2D eigenvalue weighted by Crippen LogP contribution is -2.18. The highest BCUT2D eigenvalue weighted by molar-refractivity contribution is 9.10. The average Bonchev–Trinajstić information content (AvgIpc) is 2.44. The third-order valence-electron chi connectivity index (χ3n) is 3.09. The van der Waals surface area contributed by atoms with Crippen LogP contribution in [0.3, 0.4) is 0 Å². The molecule has 0 saturated carbocycles. The predicted molar refractivity (Wildman–Crippen MR) is 90.7 cm³/mol.